The summed E-state index contributed by atoms with van der Waals surface area (Å²) < 4.78 is 20.6. The van der Waals surface area contributed by atoms with Gasteiger partial charge in [-0.15, -0.1) is 4.91 Å². The average molecular weight is 278 g/mol. The molecule has 0 heterocycles. The number of carbonyl (C=O) groups excluding carboxylic acids is 1. The molecule has 0 aromatic carbocycles. The van der Waals surface area contributed by atoms with Gasteiger partial charge in [0.15, 0.2) is 0 Å². The maximum atomic E-state index is 10.5. The van der Waals surface area contributed by atoms with Gasteiger partial charge in [0, 0.05) is 11.7 Å². The van der Waals surface area contributed by atoms with Crippen molar-refractivity contribution in [2.24, 2.45) is 10.9 Å². The van der Waals surface area contributed by atoms with Crippen molar-refractivity contribution in [3.05, 3.63) is 4.91 Å². The number of nitrogens with two attached hydrogens (primary N) is 1. The number of rotatable bonds is 14. The third kappa shape index (κ3) is 15.0. The first-order valence-electron chi connectivity index (χ1n) is 6.18. The summed E-state index contributed by atoms with van der Waals surface area (Å²) in [5.41, 5.74) is 5.25. The Kier molecular flexibility index (Phi) is 14.4. The summed E-state index contributed by atoms with van der Waals surface area (Å²) in [6, 6.07) is 0. The summed E-state index contributed by atoms with van der Waals surface area (Å²) in [6.07, 6.45) is 0.00934. The Bertz CT molecular complexity index is 227. The first kappa shape index (κ1) is 18.1. The molecule has 0 atom stereocenters. The molecule has 0 radical (unpaired) electrons. The lowest BCUT2D eigenvalue weighted by molar-refractivity contribution is -0.119. The van der Waals surface area contributed by atoms with Crippen LogP contribution in [0, 0.1) is 4.91 Å². The van der Waals surface area contributed by atoms with Gasteiger partial charge in [-0.1, -0.05) is 0 Å². The lowest BCUT2D eigenvalue weighted by Gasteiger charge is -2.06. The maximum Gasteiger partial charge on any atom is 0.288 e. The fraction of sp³-hybridized carbons (Fsp3) is 0.909. The minimum atomic E-state index is -0.703. The molecule has 8 nitrogen and oxygen atoms in total. The average Bonchev–Trinajstić information content (AvgIpc) is 2.43. The van der Waals surface area contributed by atoms with Crippen LogP contribution in [0.25, 0.3) is 0 Å². The van der Waals surface area contributed by atoms with Crippen LogP contribution in [-0.4, -0.2) is 65.3 Å². The molecule has 0 aliphatic heterocycles. The fourth-order valence-electron chi connectivity index (χ4n) is 1.05. The van der Waals surface area contributed by atoms with Crippen molar-refractivity contribution in [1.29, 1.82) is 0 Å². The molecule has 0 aliphatic carbocycles. The largest absolute Gasteiger partial charge is 0.379 e. The Morgan fingerprint density at radius 2 is 1.21 bits per heavy atom. The van der Waals surface area contributed by atoms with Crippen LogP contribution in [0.2, 0.25) is 0 Å². The second-order valence-electron chi connectivity index (χ2n) is 3.47. The second kappa shape index (κ2) is 15.1. The lowest BCUT2D eigenvalue weighted by Crippen LogP contribution is -2.14. The Hall–Kier alpha value is -0.930. The number of nitrogens with zero attached hydrogens (tertiary/aromatic N) is 1. The van der Waals surface area contributed by atoms with Gasteiger partial charge >= 0.3 is 0 Å². The summed E-state index contributed by atoms with van der Waals surface area (Å²) in [5, 5.41) is 2.25. The Morgan fingerprint density at radius 3 is 1.63 bits per heavy atom. The van der Waals surface area contributed by atoms with Gasteiger partial charge in [0.05, 0.1) is 59.3 Å². The van der Waals surface area contributed by atoms with Crippen LogP contribution in [0.5, 0.6) is 0 Å². The van der Waals surface area contributed by atoms with E-state index in [9.17, 15) is 9.70 Å². The lowest BCUT2D eigenvalue weighted by atomic mass is 10.4. The van der Waals surface area contributed by atoms with Crippen LogP contribution in [0.3, 0.4) is 0 Å². The van der Waals surface area contributed by atoms with Crippen LogP contribution in [0.1, 0.15) is 6.42 Å². The number of ether oxygens (including phenoxy) is 4. The van der Waals surface area contributed by atoms with Crippen molar-refractivity contribution in [2.45, 2.75) is 6.42 Å². The van der Waals surface area contributed by atoms with Gasteiger partial charge < -0.3 is 24.7 Å². The molecule has 0 saturated heterocycles. The van der Waals surface area contributed by atoms with E-state index in [1.807, 2.05) is 0 Å². The minimum Gasteiger partial charge on any atom is -0.379 e. The second-order valence-corrected chi connectivity index (χ2v) is 3.47. The van der Waals surface area contributed by atoms with E-state index in [1.165, 1.54) is 0 Å². The first-order chi connectivity index (χ1) is 9.31. The van der Waals surface area contributed by atoms with E-state index in [0.29, 0.717) is 52.8 Å². The molecule has 112 valence electrons. The molecule has 0 fully saturated rings. The standard InChI is InChI=1S/C11H22N2O6/c12-2-4-17-6-8-19-10-9-18-7-5-16-3-1-11(14)13-15/h1-10,12H2. The molecule has 2 N–H and O–H groups in total. The number of amides is 1. The number of carbonyl (C=O) groups is 1. The summed E-state index contributed by atoms with van der Waals surface area (Å²) in [7, 11) is 0. The molecule has 0 spiro atoms. The number of hydrogen-bond acceptors (Lipinski definition) is 7. The Balaban J connectivity index is 2.99. The predicted molar refractivity (Wildman–Crippen MR) is 67.7 cm³/mol. The molecule has 0 aromatic rings. The van der Waals surface area contributed by atoms with Crippen molar-refractivity contribution in [3.8, 4) is 0 Å². The molecular formula is C11H22N2O6. The summed E-state index contributed by atoms with van der Waals surface area (Å²) in [6.45, 7) is 4.01. The van der Waals surface area contributed by atoms with Crippen molar-refractivity contribution >= 4 is 5.91 Å². The monoisotopic (exact) mass is 278 g/mol. The highest BCUT2D eigenvalue weighted by molar-refractivity contribution is 5.76. The zero-order valence-electron chi connectivity index (χ0n) is 11.0. The maximum absolute atomic E-state index is 10.5. The molecule has 0 rings (SSSR count). The van der Waals surface area contributed by atoms with Gasteiger partial charge in [0.2, 0.25) is 0 Å². The van der Waals surface area contributed by atoms with Crippen molar-refractivity contribution in [2.75, 3.05) is 59.4 Å². The normalized spacial score (nSPS) is 10.6. The van der Waals surface area contributed by atoms with E-state index in [4.69, 9.17) is 24.7 Å². The van der Waals surface area contributed by atoms with E-state index < -0.39 is 5.91 Å². The predicted octanol–water partition coefficient (Wildman–Crippen LogP) is -0.305. The fourth-order valence-corrected chi connectivity index (χ4v) is 1.05. The molecule has 8 heteroatoms. The quantitative estimate of drug-likeness (QED) is 0.343. The van der Waals surface area contributed by atoms with Crippen molar-refractivity contribution < 1.29 is 23.7 Å². The molecule has 0 saturated carbocycles. The highest BCUT2D eigenvalue weighted by Crippen LogP contribution is 1.87. The van der Waals surface area contributed by atoms with Crippen LogP contribution in [-0.2, 0) is 23.7 Å². The van der Waals surface area contributed by atoms with Gasteiger partial charge in [-0.3, -0.25) is 4.79 Å². The number of nitroso groups, excluding NO2 is 1. The Labute approximate surface area is 112 Å². The van der Waals surface area contributed by atoms with E-state index in [-0.39, 0.29) is 13.0 Å². The van der Waals surface area contributed by atoms with Gasteiger partial charge in [-0.2, -0.15) is 0 Å². The Morgan fingerprint density at radius 1 is 0.789 bits per heavy atom. The minimum absolute atomic E-state index is 0.00934. The van der Waals surface area contributed by atoms with E-state index in [2.05, 4.69) is 5.18 Å². The first-order valence-corrected chi connectivity index (χ1v) is 6.18. The van der Waals surface area contributed by atoms with E-state index in [0.717, 1.165) is 0 Å². The van der Waals surface area contributed by atoms with E-state index >= 15 is 0 Å². The zero-order chi connectivity index (χ0) is 14.2. The molecule has 0 unspecified atom stereocenters. The SMILES string of the molecule is NCCOCCOCCOCCOCCC(=O)N=O. The molecule has 0 bridgehead atoms. The highest BCUT2D eigenvalue weighted by Gasteiger charge is 1.99. The van der Waals surface area contributed by atoms with Crippen LogP contribution < -0.4 is 5.73 Å². The van der Waals surface area contributed by atoms with Crippen LogP contribution in [0.15, 0.2) is 5.18 Å². The van der Waals surface area contributed by atoms with Crippen LogP contribution in [0.4, 0.5) is 0 Å². The van der Waals surface area contributed by atoms with Crippen LogP contribution >= 0.6 is 0 Å². The summed E-state index contributed by atoms with van der Waals surface area (Å²) >= 11 is 0. The molecule has 0 aromatic heterocycles. The van der Waals surface area contributed by atoms with E-state index in [1.54, 1.807) is 0 Å². The molecule has 0 aliphatic rings. The van der Waals surface area contributed by atoms with Crippen molar-refractivity contribution in [3.63, 3.8) is 0 Å². The topological polar surface area (TPSA) is 109 Å². The zero-order valence-corrected chi connectivity index (χ0v) is 11.0. The van der Waals surface area contributed by atoms with Gasteiger partial charge in [0.25, 0.3) is 5.91 Å². The third-order valence-corrected chi connectivity index (χ3v) is 1.94. The molecule has 19 heavy (non-hydrogen) atoms. The molecular weight excluding hydrogens is 256 g/mol. The van der Waals surface area contributed by atoms with Crippen molar-refractivity contribution in [1.82, 2.24) is 0 Å². The summed E-state index contributed by atoms with van der Waals surface area (Å²) in [5.74, 6) is -0.703. The number of hydrogen-bond donors (Lipinski definition) is 1. The van der Waals surface area contributed by atoms with Gasteiger partial charge in [-0.25, -0.2) is 0 Å². The summed E-state index contributed by atoms with van der Waals surface area (Å²) in [4.78, 5) is 20.2. The highest BCUT2D eigenvalue weighted by atomic mass is 16.6. The van der Waals surface area contributed by atoms with Gasteiger partial charge in [-0.05, 0) is 0 Å². The molecule has 1 amide bonds. The van der Waals surface area contributed by atoms with Gasteiger partial charge in [0.1, 0.15) is 0 Å². The third-order valence-electron chi connectivity index (χ3n) is 1.94. The smallest absolute Gasteiger partial charge is 0.288 e.